The van der Waals surface area contributed by atoms with E-state index in [0.29, 0.717) is 12.1 Å². The van der Waals surface area contributed by atoms with Crippen molar-refractivity contribution in [3.05, 3.63) is 59.7 Å². The Labute approximate surface area is 165 Å². The number of nitrogens with zero attached hydrogens (tertiary/aromatic N) is 1. The summed E-state index contributed by atoms with van der Waals surface area (Å²) in [6.07, 6.45) is 2.91. The van der Waals surface area contributed by atoms with Crippen LogP contribution < -0.4 is 14.8 Å². The summed E-state index contributed by atoms with van der Waals surface area (Å²) < 4.78 is 36.2. The molecule has 0 fully saturated rings. The van der Waals surface area contributed by atoms with Crippen LogP contribution in [0.3, 0.4) is 0 Å². The number of sulfonamides is 1. The average molecular weight is 404 g/mol. The van der Waals surface area contributed by atoms with E-state index in [2.05, 4.69) is 5.32 Å². The van der Waals surface area contributed by atoms with Gasteiger partial charge < -0.3 is 14.8 Å². The molecule has 0 aromatic heterocycles. The van der Waals surface area contributed by atoms with Crippen LogP contribution in [-0.4, -0.2) is 46.9 Å². The van der Waals surface area contributed by atoms with E-state index >= 15 is 0 Å². The van der Waals surface area contributed by atoms with Gasteiger partial charge in [-0.15, -0.1) is 0 Å². The van der Waals surface area contributed by atoms with Crippen molar-refractivity contribution in [1.29, 1.82) is 0 Å². The van der Waals surface area contributed by atoms with Crippen molar-refractivity contribution in [2.24, 2.45) is 0 Å². The standard InChI is InChI=1S/C20H24N2O5S/c1-22(2)28(24,25)19-13-15(7-11-18(19)27-4)8-12-20(23)21-14-16-5-9-17(26-3)10-6-16/h5-13H,14H2,1-4H3,(H,21,23)/b12-8+. The van der Waals surface area contributed by atoms with Crippen molar-refractivity contribution in [2.75, 3.05) is 28.3 Å². The maximum Gasteiger partial charge on any atom is 0.246 e. The molecule has 0 aliphatic carbocycles. The molecule has 2 aromatic rings. The molecule has 2 rings (SSSR count). The van der Waals surface area contributed by atoms with Crippen molar-refractivity contribution >= 4 is 22.0 Å². The molecule has 28 heavy (non-hydrogen) atoms. The molecule has 1 N–H and O–H groups in total. The van der Waals surface area contributed by atoms with Crippen molar-refractivity contribution in [3.8, 4) is 11.5 Å². The fourth-order valence-electron chi connectivity index (χ4n) is 2.36. The van der Waals surface area contributed by atoms with Gasteiger partial charge in [0.1, 0.15) is 16.4 Å². The second-order valence-electron chi connectivity index (χ2n) is 6.10. The van der Waals surface area contributed by atoms with Crippen LogP contribution in [0, 0.1) is 0 Å². The number of hydrogen-bond donors (Lipinski definition) is 1. The first-order valence-corrected chi connectivity index (χ1v) is 9.91. The number of nitrogens with one attached hydrogen (secondary N) is 1. The molecule has 0 unspecified atom stereocenters. The molecule has 0 saturated heterocycles. The predicted molar refractivity (Wildman–Crippen MR) is 108 cm³/mol. The molecule has 0 spiro atoms. The van der Waals surface area contributed by atoms with Gasteiger partial charge in [0.2, 0.25) is 15.9 Å². The number of carbonyl (C=O) groups excluding carboxylic acids is 1. The van der Waals surface area contributed by atoms with Gasteiger partial charge in [-0.25, -0.2) is 12.7 Å². The number of benzene rings is 2. The highest BCUT2D eigenvalue weighted by atomic mass is 32.2. The lowest BCUT2D eigenvalue weighted by Gasteiger charge is -2.15. The van der Waals surface area contributed by atoms with Gasteiger partial charge in [-0.3, -0.25) is 4.79 Å². The Bertz CT molecular complexity index is 951. The molecule has 150 valence electrons. The second kappa shape index (κ2) is 9.38. The molecule has 0 saturated carbocycles. The number of hydrogen-bond acceptors (Lipinski definition) is 5. The number of rotatable bonds is 8. The Hall–Kier alpha value is -2.84. The Kier molecular flexibility index (Phi) is 7.19. The third kappa shape index (κ3) is 5.34. The van der Waals surface area contributed by atoms with Crippen molar-refractivity contribution in [3.63, 3.8) is 0 Å². The van der Waals surface area contributed by atoms with E-state index in [1.165, 1.54) is 33.3 Å². The summed E-state index contributed by atoms with van der Waals surface area (Å²) in [6.45, 7) is 0.371. The number of methoxy groups -OCH3 is 2. The number of ether oxygens (including phenoxy) is 2. The van der Waals surface area contributed by atoms with Crippen LogP contribution in [0.15, 0.2) is 53.4 Å². The van der Waals surface area contributed by atoms with Crippen molar-refractivity contribution < 1.29 is 22.7 Å². The topological polar surface area (TPSA) is 84.9 Å². The van der Waals surface area contributed by atoms with Gasteiger partial charge in [-0.1, -0.05) is 18.2 Å². The molecule has 1 amide bonds. The maximum atomic E-state index is 12.4. The molecule has 2 aromatic carbocycles. The molecule has 0 aliphatic rings. The molecule has 0 heterocycles. The van der Waals surface area contributed by atoms with Gasteiger partial charge in [0.25, 0.3) is 0 Å². The quantitative estimate of drug-likeness (QED) is 0.683. The van der Waals surface area contributed by atoms with Crippen LogP contribution in [0.1, 0.15) is 11.1 Å². The molecule has 0 aliphatic heterocycles. The fourth-order valence-corrected chi connectivity index (χ4v) is 3.44. The van der Waals surface area contributed by atoms with Crippen molar-refractivity contribution in [1.82, 2.24) is 9.62 Å². The van der Waals surface area contributed by atoms with Gasteiger partial charge in [0.05, 0.1) is 14.2 Å². The lowest BCUT2D eigenvalue weighted by atomic mass is 10.2. The Morgan fingerprint density at radius 1 is 1.07 bits per heavy atom. The smallest absolute Gasteiger partial charge is 0.246 e. The molecule has 0 bridgehead atoms. The van der Waals surface area contributed by atoms with Crippen LogP contribution in [0.5, 0.6) is 11.5 Å². The first-order valence-electron chi connectivity index (χ1n) is 8.47. The minimum Gasteiger partial charge on any atom is -0.497 e. The lowest BCUT2D eigenvalue weighted by molar-refractivity contribution is -0.116. The highest BCUT2D eigenvalue weighted by Crippen LogP contribution is 2.27. The maximum absolute atomic E-state index is 12.4. The minimum atomic E-state index is -3.67. The van der Waals surface area contributed by atoms with Gasteiger partial charge in [0, 0.05) is 26.7 Å². The zero-order chi connectivity index (χ0) is 20.7. The van der Waals surface area contributed by atoms with Crippen LogP contribution in [0.4, 0.5) is 0 Å². The summed E-state index contributed by atoms with van der Waals surface area (Å²) in [5, 5.41) is 2.77. The zero-order valence-electron chi connectivity index (χ0n) is 16.3. The van der Waals surface area contributed by atoms with Gasteiger partial charge >= 0.3 is 0 Å². The summed E-state index contributed by atoms with van der Waals surface area (Å²) >= 11 is 0. The van der Waals surface area contributed by atoms with Gasteiger partial charge in [-0.05, 0) is 41.5 Å². The molecule has 0 atom stereocenters. The Morgan fingerprint density at radius 2 is 1.75 bits per heavy atom. The zero-order valence-corrected chi connectivity index (χ0v) is 17.1. The number of amides is 1. The summed E-state index contributed by atoms with van der Waals surface area (Å²) in [5.74, 6) is 0.705. The monoisotopic (exact) mass is 404 g/mol. The Balaban J connectivity index is 2.09. The molecular weight excluding hydrogens is 380 g/mol. The first-order chi connectivity index (χ1) is 13.3. The molecule has 7 nitrogen and oxygen atoms in total. The predicted octanol–water partition coefficient (Wildman–Crippen LogP) is 2.28. The summed E-state index contributed by atoms with van der Waals surface area (Å²) in [4.78, 5) is 12.1. The first kappa shape index (κ1) is 21.5. The molecule has 8 heteroatoms. The Morgan fingerprint density at radius 3 is 2.32 bits per heavy atom. The summed E-state index contributed by atoms with van der Waals surface area (Å²) in [7, 11) is 2.23. The van der Waals surface area contributed by atoms with E-state index in [9.17, 15) is 13.2 Å². The van der Waals surface area contributed by atoms with Gasteiger partial charge in [0.15, 0.2) is 0 Å². The molecular formula is C20H24N2O5S. The minimum absolute atomic E-state index is 0.0424. The van der Waals surface area contributed by atoms with Crippen LogP contribution >= 0.6 is 0 Å². The van der Waals surface area contributed by atoms with Crippen molar-refractivity contribution in [2.45, 2.75) is 11.4 Å². The molecule has 0 radical (unpaired) electrons. The summed E-state index contributed by atoms with van der Waals surface area (Å²) in [5.41, 5.74) is 1.51. The van der Waals surface area contributed by atoms with E-state index in [1.807, 2.05) is 24.3 Å². The average Bonchev–Trinajstić information content (AvgIpc) is 2.70. The third-order valence-corrected chi connectivity index (χ3v) is 5.84. The van der Waals surface area contributed by atoms with Crippen LogP contribution in [-0.2, 0) is 21.4 Å². The largest absolute Gasteiger partial charge is 0.497 e. The lowest BCUT2D eigenvalue weighted by Crippen LogP contribution is -2.22. The van der Waals surface area contributed by atoms with Crippen LogP contribution in [0.25, 0.3) is 6.08 Å². The number of carbonyl (C=O) groups is 1. The highest BCUT2D eigenvalue weighted by Gasteiger charge is 2.22. The van der Waals surface area contributed by atoms with E-state index in [-0.39, 0.29) is 16.6 Å². The highest BCUT2D eigenvalue weighted by molar-refractivity contribution is 7.89. The second-order valence-corrected chi connectivity index (χ2v) is 8.22. The normalized spacial score (nSPS) is 11.6. The van der Waals surface area contributed by atoms with Crippen LogP contribution in [0.2, 0.25) is 0 Å². The fraction of sp³-hybridized carbons (Fsp3) is 0.250. The van der Waals surface area contributed by atoms with E-state index in [0.717, 1.165) is 15.6 Å². The third-order valence-electron chi connectivity index (χ3n) is 4.00. The van der Waals surface area contributed by atoms with Gasteiger partial charge in [-0.2, -0.15) is 0 Å². The van der Waals surface area contributed by atoms with E-state index in [1.54, 1.807) is 25.3 Å². The summed E-state index contributed by atoms with van der Waals surface area (Å²) in [6, 6.07) is 12.1. The SMILES string of the molecule is COc1ccc(CNC(=O)/C=C/c2ccc(OC)c(S(=O)(=O)N(C)C)c2)cc1. The van der Waals surface area contributed by atoms with E-state index in [4.69, 9.17) is 9.47 Å². The van der Waals surface area contributed by atoms with E-state index < -0.39 is 10.0 Å².